The van der Waals surface area contributed by atoms with Crippen molar-refractivity contribution in [1.29, 1.82) is 0 Å². The molecule has 10 aliphatic rings. The van der Waals surface area contributed by atoms with Gasteiger partial charge in [-0.05, 0) is 266 Å². The summed E-state index contributed by atoms with van der Waals surface area (Å²) in [5.41, 5.74) is 2.15. The fourth-order valence-corrected chi connectivity index (χ4v) is 13.2. The van der Waals surface area contributed by atoms with Crippen molar-refractivity contribution in [3.8, 4) is 0 Å². The molecule has 5 saturated carbocycles. The number of hydrogen-bond donors (Lipinski definition) is 2. The van der Waals surface area contributed by atoms with Crippen LogP contribution in [0.3, 0.4) is 0 Å². The first-order valence-corrected chi connectivity index (χ1v) is 58.0. The second kappa shape index (κ2) is 111. The molecular weight excluding hydrogens is 1620 g/mol. The van der Waals surface area contributed by atoms with Gasteiger partial charge in [-0.15, -0.1) is 0 Å². The van der Waals surface area contributed by atoms with Crippen LogP contribution in [0, 0.1) is 128 Å². The van der Waals surface area contributed by atoms with Gasteiger partial charge in [-0.1, -0.05) is 457 Å². The van der Waals surface area contributed by atoms with Crippen LogP contribution in [0.15, 0.2) is 0 Å². The second-order valence-electron chi connectivity index (χ2n) is 45.5. The molecule has 9 heteroatoms. The van der Waals surface area contributed by atoms with Crippen LogP contribution in [-0.2, 0) is 19.1 Å². The maximum absolute atomic E-state index is 10.5. The average Bonchev–Trinajstić information content (AvgIpc) is 1.77. The molecule has 0 aromatic rings. The van der Waals surface area contributed by atoms with Gasteiger partial charge in [-0.3, -0.25) is 4.84 Å². The van der Waals surface area contributed by atoms with Crippen LogP contribution in [0.1, 0.15) is 575 Å². The van der Waals surface area contributed by atoms with Crippen molar-refractivity contribution in [3.05, 3.63) is 0 Å². The molecule has 5 saturated heterocycles. The van der Waals surface area contributed by atoms with Gasteiger partial charge in [0.25, 0.3) is 0 Å². The van der Waals surface area contributed by atoms with Gasteiger partial charge in [0.2, 0.25) is 0 Å². The van der Waals surface area contributed by atoms with Crippen LogP contribution in [0.4, 0.5) is 0 Å². The van der Waals surface area contributed by atoms with Gasteiger partial charge in [0.15, 0.2) is 0 Å². The number of rotatable bonds is 8. The van der Waals surface area contributed by atoms with Crippen LogP contribution in [-0.4, -0.2) is 129 Å². The van der Waals surface area contributed by atoms with Crippen LogP contribution in [0.5, 0.6) is 0 Å². The summed E-state index contributed by atoms with van der Waals surface area (Å²) in [5, 5.41) is 19.8. The number of piperidine rings is 2. The minimum atomic E-state index is -0.135. The quantitative estimate of drug-likeness (QED) is 0.246. The van der Waals surface area contributed by atoms with E-state index in [9.17, 15) is 4.79 Å². The Morgan fingerprint density at radius 1 is 0.326 bits per heavy atom. The maximum atomic E-state index is 10.5. The van der Waals surface area contributed by atoms with Crippen molar-refractivity contribution >= 4 is 5.78 Å². The van der Waals surface area contributed by atoms with E-state index in [0.29, 0.717) is 44.8 Å². The number of aliphatic hydroxyl groups excluding tert-OH is 2. The Balaban J connectivity index is -0.0000000844. The minimum Gasteiger partial charge on any atom is -0.393 e. The van der Waals surface area contributed by atoms with Gasteiger partial charge >= 0.3 is 0 Å². The highest BCUT2D eigenvalue weighted by molar-refractivity contribution is 5.75. The van der Waals surface area contributed by atoms with Gasteiger partial charge < -0.3 is 34.3 Å². The zero-order chi connectivity index (χ0) is 108. The lowest BCUT2D eigenvalue weighted by Gasteiger charge is -2.26. The molecule has 10 fully saturated rings. The predicted octanol–water partition coefficient (Wildman–Crippen LogP) is 40.3. The molecule has 20 atom stereocenters. The standard InChI is InChI=1S/2C8H18O.C8H16O.C8H16.C8H18.2C7H15N.C7H14O.2C7H14.C6H13NO.C6H12O.C6H14.2C5H10.10C2H6/c3*1-7(9)5-6-8(2,3)4;1-7-5-3-4-6-8(7)2;1-5-6-7-8(2,3)4;2*1-7-4-3-5-8(2)6-7;1-6-3-4-8-5-7(6)2;2*1-6-4-3-5-7(6)2;1-5-4-8-7(3)6(5)2;1-5-3-7-4-6(5)2;1-5-6(2,3)4;2*1-4-3-5(4)2;10*1-2/h2*7,9H,5-6H2,1-4H3;5-6H2,1-4H3;7-8H,3-6H2,1-2H3;5-7H2,1-4H3;2*7H,3-6H2,1-2H3;6-7H,3-5H2,1-2H3;2*6-7H,3-5H2,1-2H3;5-6H,4H2,1-3H3;5-6H,3-4H2,1-2H3;5H2,1-4H3;2*4-5H,3H2,1-2H3;10*1-2H3/t2*7-;;7-,8+;;2*7-;3*6-,7-;5-,6+;5-,6-;;2*4-,5-;;;;;;;;;;/m10...1001010.10........../s1. The van der Waals surface area contributed by atoms with E-state index in [4.69, 9.17) is 24.5 Å². The van der Waals surface area contributed by atoms with Crippen LogP contribution in [0.25, 0.3) is 0 Å². The molecule has 5 heterocycles. The van der Waals surface area contributed by atoms with Gasteiger partial charge in [0, 0.05) is 59.0 Å². The van der Waals surface area contributed by atoms with Crippen molar-refractivity contribution in [2.24, 2.45) is 128 Å². The van der Waals surface area contributed by atoms with Crippen LogP contribution < -0.4 is 0 Å². The summed E-state index contributed by atoms with van der Waals surface area (Å²) in [6.07, 6.45) is 35.5. The second-order valence-corrected chi connectivity index (χ2v) is 45.5. The molecular formula is C123H277N3O6. The molecule has 0 aromatic heterocycles. The number of hydrogen-bond acceptors (Lipinski definition) is 9. The highest BCUT2D eigenvalue weighted by atomic mass is 16.7. The summed E-state index contributed by atoms with van der Waals surface area (Å²) in [6.45, 7) is 134. The SMILES string of the molecule is CC.CC.CC.CC.CC.CC.CC.CC.CC.CC.CC(=O)CCC(C)(C)C.CCC(C)(C)C.CCCCC(C)(C)C.C[C@@H](O)CCC(C)(C)C.C[C@@H]1CCCC[C@@H]1C.C[C@@H]1CCCN(C)C1.C[C@@H]1CCC[C@H]1C.C[C@@H]1CON(C)[C@H]1C.C[C@@H]1C[C@H]1C.C[C@H](O)CCC(C)(C)C.C[C@H]1CCCN(C)C1.C[C@H]1CCC[C@@H]1C.C[C@H]1CCOC[C@@H]1C.C[C@H]1COC[C@@H]1C.C[C@H]1C[C@@H]1C. The monoisotopic (exact) mass is 1890 g/mol. The molecule has 2 N–H and O–H groups in total. The number of carbonyl (C=O) groups is 1. The number of unbranched alkanes of at least 4 members (excludes halogenated alkanes) is 1. The summed E-state index contributed by atoms with van der Waals surface area (Å²) in [6, 6.07) is 0.593. The topological polar surface area (TPSA) is 94.9 Å². The van der Waals surface area contributed by atoms with Crippen LogP contribution >= 0.6 is 0 Å². The van der Waals surface area contributed by atoms with E-state index < -0.39 is 0 Å². The molecule has 0 radical (unpaired) electrons. The van der Waals surface area contributed by atoms with E-state index in [1.54, 1.807) is 6.92 Å². The number of nitrogens with zero attached hydrogens (tertiary/aromatic N) is 3. The van der Waals surface area contributed by atoms with E-state index >= 15 is 0 Å². The van der Waals surface area contributed by atoms with E-state index in [1.165, 1.54) is 161 Å². The number of hydroxylamine groups is 2. The van der Waals surface area contributed by atoms with E-state index in [0.717, 1.165) is 166 Å². The normalized spacial score (nSPS) is 26.4. The van der Waals surface area contributed by atoms with Crippen LogP contribution in [0.2, 0.25) is 0 Å². The number of carbonyl (C=O) groups excluding carboxylic acids is 1. The number of Topliss-reactive ketones (excluding diaryl/α,β-unsaturated/α-hetero) is 1. The third-order valence-electron chi connectivity index (χ3n) is 25.8. The first kappa shape index (κ1) is 165. The number of ether oxygens (including phenoxy) is 2. The molecule has 0 spiro atoms. The fourth-order valence-electron chi connectivity index (χ4n) is 13.2. The molecule has 0 unspecified atom stereocenters. The van der Waals surface area contributed by atoms with Crippen molar-refractivity contribution in [1.82, 2.24) is 14.9 Å². The lowest BCUT2D eigenvalue weighted by atomic mass is 9.82. The highest BCUT2D eigenvalue weighted by Crippen LogP contribution is 2.37. The highest BCUT2D eigenvalue weighted by Gasteiger charge is 2.28. The molecule has 5 aliphatic carbocycles. The zero-order valence-corrected chi connectivity index (χ0v) is 105. The molecule has 0 bridgehead atoms. The maximum Gasteiger partial charge on any atom is 0.129 e. The van der Waals surface area contributed by atoms with Gasteiger partial charge in [-0.25, -0.2) is 0 Å². The van der Waals surface area contributed by atoms with E-state index in [-0.39, 0.29) is 12.2 Å². The summed E-state index contributed by atoms with van der Waals surface area (Å²) in [4.78, 5) is 20.5. The Labute approximate surface area is 846 Å². The molecule has 820 valence electrons. The minimum absolute atomic E-state index is 0.135. The predicted molar refractivity (Wildman–Crippen MR) is 616 cm³/mol. The summed E-state index contributed by atoms with van der Waals surface area (Å²) < 4.78 is 10.4. The van der Waals surface area contributed by atoms with Gasteiger partial charge in [0.05, 0.1) is 18.8 Å². The molecule has 132 heavy (non-hydrogen) atoms. The van der Waals surface area contributed by atoms with Gasteiger partial charge in [-0.2, -0.15) is 5.06 Å². The Morgan fingerprint density at radius 2 is 0.576 bits per heavy atom. The summed E-state index contributed by atoms with van der Waals surface area (Å²) in [5.74, 6) is 16.4. The molecule has 10 rings (SSSR count). The average molecular weight is 1890 g/mol. The molecule has 0 aromatic carbocycles. The Kier molecular flexibility index (Phi) is 138. The molecule has 5 aliphatic heterocycles. The number of aliphatic hydroxyl groups is 2. The smallest absolute Gasteiger partial charge is 0.129 e. The number of likely N-dealkylation sites (tertiary alicyclic amines) is 2. The Bertz CT molecular complexity index is 1860. The summed E-state index contributed by atoms with van der Waals surface area (Å²) in [7, 11) is 6.39. The Hall–Kier alpha value is -0.650. The van der Waals surface area contributed by atoms with Crippen molar-refractivity contribution in [3.63, 3.8) is 0 Å². The van der Waals surface area contributed by atoms with E-state index in [1.807, 2.05) is 164 Å². The fraction of sp³-hybridized carbons (Fsp3) is 0.992. The first-order chi connectivity index (χ1) is 61.3. The first-order valence-electron chi connectivity index (χ1n) is 58.0. The number of ketones is 1. The van der Waals surface area contributed by atoms with Crippen molar-refractivity contribution in [2.45, 2.75) is 593 Å². The Morgan fingerprint density at radius 3 is 0.682 bits per heavy atom. The van der Waals surface area contributed by atoms with Gasteiger partial charge in [0.1, 0.15) is 5.78 Å². The lowest BCUT2D eigenvalue weighted by Crippen LogP contribution is -2.30. The zero-order valence-electron chi connectivity index (χ0n) is 105. The summed E-state index contributed by atoms with van der Waals surface area (Å²) >= 11 is 0. The largest absolute Gasteiger partial charge is 0.393 e. The molecule has 0 amide bonds. The molecule has 9 nitrogen and oxygen atoms in total. The van der Waals surface area contributed by atoms with E-state index in [2.05, 4.69) is 266 Å². The van der Waals surface area contributed by atoms with Crippen molar-refractivity contribution in [2.75, 3.05) is 80.4 Å². The van der Waals surface area contributed by atoms with Crippen molar-refractivity contribution < 1.29 is 29.3 Å². The lowest BCUT2D eigenvalue weighted by molar-refractivity contribution is -0.117. The third kappa shape index (κ3) is 142. The third-order valence-corrected chi connectivity index (χ3v) is 25.8.